The van der Waals surface area contributed by atoms with E-state index in [2.05, 4.69) is 17.0 Å². The van der Waals surface area contributed by atoms with Crippen molar-refractivity contribution < 1.29 is 14.3 Å². The zero-order valence-electron chi connectivity index (χ0n) is 15.1. The molecular formula is C20H23N3O3S. The van der Waals surface area contributed by atoms with Crippen LogP contribution in [-0.2, 0) is 20.9 Å². The first-order valence-corrected chi connectivity index (χ1v) is 10.1. The third kappa shape index (κ3) is 3.99. The Bertz CT molecular complexity index is 773. The van der Waals surface area contributed by atoms with Gasteiger partial charge in [-0.05, 0) is 23.6 Å². The number of morpholine rings is 1. The molecule has 2 saturated heterocycles. The summed E-state index contributed by atoms with van der Waals surface area (Å²) in [5, 5.41) is 1.99. The summed E-state index contributed by atoms with van der Waals surface area (Å²) in [6, 6.07) is 13.7. The van der Waals surface area contributed by atoms with Gasteiger partial charge >= 0.3 is 0 Å². The molecule has 4 rings (SSSR count). The molecule has 1 aromatic heterocycles. The van der Waals surface area contributed by atoms with Crippen LogP contribution in [0.4, 0.5) is 5.69 Å². The average molecular weight is 385 g/mol. The summed E-state index contributed by atoms with van der Waals surface area (Å²) in [5.74, 6) is -0.122. The van der Waals surface area contributed by atoms with E-state index in [1.54, 1.807) is 16.2 Å². The number of para-hydroxylation sites is 1. The van der Waals surface area contributed by atoms with Crippen LogP contribution >= 0.6 is 11.3 Å². The molecule has 2 amide bonds. The summed E-state index contributed by atoms with van der Waals surface area (Å²) in [6.45, 7) is 3.70. The number of anilines is 1. The van der Waals surface area contributed by atoms with Crippen LogP contribution in [0.2, 0.25) is 0 Å². The van der Waals surface area contributed by atoms with Gasteiger partial charge in [0.1, 0.15) is 12.6 Å². The highest BCUT2D eigenvalue weighted by Gasteiger charge is 2.37. The summed E-state index contributed by atoms with van der Waals surface area (Å²) < 4.78 is 5.40. The van der Waals surface area contributed by atoms with Gasteiger partial charge in [0.15, 0.2) is 0 Å². The van der Waals surface area contributed by atoms with Gasteiger partial charge in [-0.3, -0.25) is 9.59 Å². The van der Waals surface area contributed by atoms with Crippen molar-refractivity contribution in [1.82, 2.24) is 9.80 Å². The van der Waals surface area contributed by atoms with Gasteiger partial charge in [-0.2, -0.15) is 0 Å². The number of carbonyl (C=O) groups excluding carboxylic acids is 2. The fourth-order valence-electron chi connectivity index (χ4n) is 3.61. The first kappa shape index (κ1) is 18.0. The number of piperazine rings is 1. The van der Waals surface area contributed by atoms with E-state index in [9.17, 15) is 9.59 Å². The van der Waals surface area contributed by atoms with Crippen LogP contribution in [0, 0.1) is 0 Å². The lowest BCUT2D eigenvalue weighted by atomic mass is 10.1. The summed E-state index contributed by atoms with van der Waals surface area (Å²) in [6.07, 6.45) is 0. The lowest BCUT2D eigenvalue weighted by Gasteiger charge is -2.41. The number of amides is 2. The van der Waals surface area contributed by atoms with Crippen LogP contribution in [0.15, 0.2) is 47.8 Å². The van der Waals surface area contributed by atoms with Crippen LogP contribution in [0.1, 0.15) is 4.88 Å². The maximum absolute atomic E-state index is 13.1. The molecule has 1 atom stereocenters. The molecule has 0 spiro atoms. The fourth-order valence-corrected chi connectivity index (χ4v) is 4.32. The van der Waals surface area contributed by atoms with E-state index in [0.717, 1.165) is 18.0 Å². The molecule has 0 N–H and O–H groups in total. The van der Waals surface area contributed by atoms with E-state index in [-0.39, 0.29) is 25.0 Å². The van der Waals surface area contributed by atoms with Crippen molar-refractivity contribution in [1.29, 1.82) is 0 Å². The van der Waals surface area contributed by atoms with E-state index < -0.39 is 6.04 Å². The minimum atomic E-state index is -0.531. The molecule has 0 saturated carbocycles. The van der Waals surface area contributed by atoms with E-state index in [1.165, 1.54) is 5.69 Å². The van der Waals surface area contributed by atoms with Crippen molar-refractivity contribution in [2.24, 2.45) is 0 Å². The molecule has 7 heteroatoms. The Kier molecular flexibility index (Phi) is 5.40. The molecule has 2 aliphatic rings. The zero-order valence-corrected chi connectivity index (χ0v) is 15.9. The number of nitrogens with zero attached hydrogens (tertiary/aromatic N) is 3. The Hall–Kier alpha value is -2.38. The highest BCUT2D eigenvalue weighted by atomic mass is 32.1. The van der Waals surface area contributed by atoms with Crippen molar-refractivity contribution >= 4 is 28.8 Å². The molecule has 2 fully saturated rings. The number of ether oxygens (including phenoxy) is 1. The molecule has 2 aliphatic heterocycles. The largest absolute Gasteiger partial charge is 0.369 e. The number of thiophene rings is 1. The minimum absolute atomic E-state index is 0.00711. The van der Waals surface area contributed by atoms with Crippen LogP contribution in [0.5, 0.6) is 0 Å². The molecule has 142 valence electrons. The Morgan fingerprint density at radius 1 is 1.07 bits per heavy atom. The Morgan fingerprint density at radius 3 is 2.56 bits per heavy atom. The van der Waals surface area contributed by atoms with Crippen molar-refractivity contribution in [2.45, 2.75) is 12.6 Å². The van der Waals surface area contributed by atoms with Crippen molar-refractivity contribution in [2.75, 3.05) is 44.3 Å². The zero-order chi connectivity index (χ0) is 18.6. The van der Waals surface area contributed by atoms with Gasteiger partial charge in [0, 0.05) is 36.7 Å². The lowest BCUT2D eigenvalue weighted by molar-refractivity contribution is -0.160. The molecule has 1 aromatic carbocycles. The normalized spacial score (nSPS) is 20.8. The van der Waals surface area contributed by atoms with Gasteiger partial charge in [0.2, 0.25) is 11.8 Å². The van der Waals surface area contributed by atoms with Crippen molar-refractivity contribution in [3.8, 4) is 0 Å². The molecule has 27 heavy (non-hydrogen) atoms. The molecule has 2 aromatic rings. The van der Waals surface area contributed by atoms with Crippen LogP contribution < -0.4 is 4.90 Å². The van der Waals surface area contributed by atoms with Gasteiger partial charge in [-0.1, -0.05) is 24.3 Å². The first-order valence-electron chi connectivity index (χ1n) is 9.21. The number of hydrogen-bond donors (Lipinski definition) is 0. The Labute approximate surface area is 162 Å². The van der Waals surface area contributed by atoms with Crippen molar-refractivity contribution in [3.63, 3.8) is 0 Å². The molecule has 0 bridgehead atoms. The standard InChI is InChI=1S/C20H23N3O3S/c24-19-15-26-14-18(23(19)13-17-7-4-12-27-17)20(25)22-10-8-21(9-11-22)16-5-2-1-3-6-16/h1-7,12,18H,8-11,13-15H2/t18-/m0/s1. The van der Waals surface area contributed by atoms with Crippen molar-refractivity contribution in [3.05, 3.63) is 52.7 Å². The molecule has 0 aliphatic carbocycles. The highest BCUT2D eigenvalue weighted by Crippen LogP contribution is 2.20. The molecule has 0 radical (unpaired) electrons. The third-order valence-electron chi connectivity index (χ3n) is 5.10. The van der Waals surface area contributed by atoms with E-state index in [0.29, 0.717) is 19.6 Å². The summed E-state index contributed by atoms with van der Waals surface area (Å²) in [5.41, 5.74) is 1.18. The predicted octanol–water partition coefficient (Wildman–Crippen LogP) is 1.82. The maximum atomic E-state index is 13.1. The van der Waals surface area contributed by atoms with Gasteiger partial charge in [0.05, 0.1) is 13.2 Å². The molecule has 0 unspecified atom stereocenters. The van der Waals surface area contributed by atoms with E-state index in [1.807, 2.05) is 40.6 Å². The highest BCUT2D eigenvalue weighted by molar-refractivity contribution is 7.09. The molecule has 3 heterocycles. The topological polar surface area (TPSA) is 53.1 Å². The number of benzene rings is 1. The predicted molar refractivity (Wildman–Crippen MR) is 105 cm³/mol. The maximum Gasteiger partial charge on any atom is 0.249 e. The third-order valence-corrected chi connectivity index (χ3v) is 5.96. The summed E-state index contributed by atoms with van der Waals surface area (Å²) in [7, 11) is 0. The Balaban J connectivity index is 1.41. The van der Waals surface area contributed by atoms with Gasteiger partial charge in [-0.15, -0.1) is 11.3 Å². The lowest BCUT2D eigenvalue weighted by Crippen LogP contribution is -2.59. The van der Waals surface area contributed by atoms with Gasteiger partial charge in [0.25, 0.3) is 0 Å². The smallest absolute Gasteiger partial charge is 0.249 e. The van der Waals surface area contributed by atoms with Crippen LogP contribution in [0.3, 0.4) is 0 Å². The second-order valence-electron chi connectivity index (χ2n) is 6.78. The Morgan fingerprint density at radius 2 is 1.85 bits per heavy atom. The van der Waals surface area contributed by atoms with E-state index in [4.69, 9.17) is 4.74 Å². The summed E-state index contributed by atoms with van der Waals surface area (Å²) in [4.78, 5) is 32.4. The second kappa shape index (κ2) is 8.10. The van der Waals surface area contributed by atoms with E-state index >= 15 is 0 Å². The fraction of sp³-hybridized carbons (Fsp3) is 0.400. The average Bonchev–Trinajstić information content (AvgIpc) is 3.23. The van der Waals surface area contributed by atoms with Crippen LogP contribution in [-0.4, -0.2) is 67.0 Å². The van der Waals surface area contributed by atoms with Crippen LogP contribution in [0.25, 0.3) is 0 Å². The quantitative estimate of drug-likeness (QED) is 0.806. The second-order valence-corrected chi connectivity index (χ2v) is 7.81. The summed E-state index contributed by atoms with van der Waals surface area (Å²) >= 11 is 1.60. The molecular weight excluding hydrogens is 362 g/mol. The number of rotatable bonds is 4. The molecule has 6 nitrogen and oxygen atoms in total. The van der Waals surface area contributed by atoms with Gasteiger partial charge in [-0.25, -0.2) is 0 Å². The number of carbonyl (C=O) groups is 2. The first-order chi connectivity index (χ1) is 13.2. The SMILES string of the molecule is O=C([C@@H]1COCC(=O)N1Cc1cccs1)N1CCN(c2ccccc2)CC1. The van der Waals surface area contributed by atoms with Gasteiger partial charge < -0.3 is 19.4 Å². The minimum Gasteiger partial charge on any atom is -0.369 e. The number of hydrogen-bond acceptors (Lipinski definition) is 5. The monoisotopic (exact) mass is 385 g/mol.